The fourth-order valence-corrected chi connectivity index (χ4v) is 4.04. The summed E-state index contributed by atoms with van der Waals surface area (Å²) < 4.78 is 0. The third-order valence-electron chi connectivity index (χ3n) is 4.03. The minimum absolute atomic E-state index is 0.296. The molecule has 0 aromatic heterocycles. The molecule has 0 radical (unpaired) electrons. The lowest BCUT2D eigenvalue weighted by Crippen LogP contribution is -2.38. The van der Waals surface area contributed by atoms with Crippen LogP contribution < -0.4 is 0 Å². The van der Waals surface area contributed by atoms with E-state index < -0.39 is 0 Å². The normalized spacial score (nSPS) is 20.2. The van der Waals surface area contributed by atoms with Gasteiger partial charge in [-0.05, 0) is 47.6 Å². The van der Waals surface area contributed by atoms with Crippen LogP contribution in [-0.2, 0) is 0 Å². The van der Waals surface area contributed by atoms with E-state index in [4.69, 9.17) is 0 Å². The molecule has 0 unspecified atom stereocenters. The first-order valence-corrected chi connectivity index (χ1v) is 10.2. The summed E-state index contributed by atoms with van der Waals surface area (Å²) in [6.45, 7) is 7.81. The van der Waals surface area contributed by atoms with Crippen LogP contribution in [0.15, 0.2) is 24.3 Å². The number of rotatable bonds is 2. The van der Waals surface area contributed by atoms with Crippen molar-refractivity contribution in [3.63, 3.8) is 0 Å². The predicted octanol–water partition coefficient (Wildman–Crippen LogP) is 3.54. The third kappa shape index (κ3) is 4.58. The first-order valence-electron chi connectivity index (χ1n) is 7.46. The van der Waals surface area contributed by atoms with Gasteiger partial charge in [-0.2, -0.15) is 0 Å². The van der Waals surface area contributed by atoms with Crippen molar-refractivity contribution in [3.8, 4) is 11.8 Å². The Morgan fingerprint density at radius 2 is 1.70 bits per heavy atom. The van der Waals surface area contributed by atoms with E-state index in [1.165, 1.54) is 30.2 Å². The second-order valence-electron chi connectivity index (χ2n) is 6.53. The molecule has 1 fully saturated rings. The molecule has 1 aliphatic rings. The summed E-state index contributed by atoms with van der Waals surface area (Å²) in [6.07, 6.45) is 4.90. The maximum absolute atomic E-state index is 3.33. The molecule has 110 valence electrons. The van der Waals surface area contributed by atoms with Crippen LogP contribution in [0.1, 0.15) is 30.9 Å². The summed E-state index contributed by atoms with van der Waals surface area (Å²) in [4.78, 5) is 2.49. The van der Waals surface area contributed by atoms with E-state index in [1.54, 1.807) is 0 Å². The molecule has 0 amide bonds. The molecule has 1 aliphatic heterocycles. The van der Waals surface area contributed by atoms with Crippen molar-refractivity contribution in [3.05, 3.63) is 35.4 Å². The Kier molecular flexibility index (Phi) is 5.18. The van der Waals surface area contributed by atoms with E-state index in [2.05, 4.69) is 67.4 Å². The Labute approximate surface area is 126 Å². The zero-order chi connectivity index (χ0) is 14.6. The Balaban J connectivity index is 1.85. The number of hydrogen-bond donors (Lipinski definition) is 0. The van der Waals surface area contributed by atoms with Gasteiger partial charge in [-0.3, -0.25) is 4.90 Å². The zero-order valence-corrected chi connectivity index (χ0v) is 14.1. The van der Waals surface area contributed by atoms with E-state index in [0.717, 1.165) is 12.1 Å². The van der Waals surface area contributed by atoms with E-state index >= 15 is 0 Å². The summed E-state index contributed by atoms with van der Waals surface area (Å²) in [5.74, 6) is 9.97. The Morgan fingerprint density at radius 3 is 2.25 bits per heavy atom. The van der Waals surface area contributed by atoms with Crippen molar-refractivity contribution < 1.29 is 0 Å². The lowest BCUT2D eigenvalue weighted by molar-refractivity contribution is 0.339. The summed E-state index contributed by atoms with van der Waals surface area (Å²) in [6, 6.07) is 8.68. The first kappa shape index (κ1) is 15.5. The van der Waals surface area contributed by atoms with Crippen LogP contribution in [0, 0.1) is 11.8 Å². The average molecular weight is 289 g/mol. The molecule has 1 nitrogen and oxygen atoms in total. The second-order valence-corrected chi connectivity index (χ2v) is 10.9. The van der Waals surface area contributed by atoms with Crippen LogP contribution in [0.25, 0.3) is 0 Å². The van der Waals surface area contributed by atoms with Crippen molar-refractivity contribution in [2.24, 2.45) is 0 Å². The molecule has 1 heterocycles. The van der Waals surface area contributed by atoms with Gasteiger partial charge in [-0.25, -0.2) is 10.0 Å². The summed E-state index contributed by atoms with van der Waals surface area (Å²) in [7, 11) is -0.296. The number of hydrogen-bond acceptors (Lipinski definition) is 1. The maximum Gasteiger partial charge on any atom is 0.0605 e. The lowest BCUT2D eigenvalue weighted by atomic mass is 10.0. The van der Waals surface area contributed by atoms with Crippen LogP contribution in [0.4, 0.5) is 0 Å². The molecule has 1 aromatic carbocycles. The van der Waals surface area contributed by atoms with E-state index in [1.807, 2.05) is 0 Å². The highest BCUT2D eigenvalue weighted by Gasteiger charge is 2.20. The van der Waals surface area contributed by atoms with Crippen LogP contribution in [0.3, 0.4) is 0 Å². The van der Waals surface area contributed by atoms with Crippen LogP contribution in [0.2, 0.25) is 0 Å². The summed E-state index contributed by atoms with van der Waals surface area (Å²) in [5, 5.41) is 0. The molecule has 20 heavy (non-hydrogen) atoms. The topological polar surface area (TPSA) is 3.24 Å². The van der Waals surface area contributed by atoms with E-state index in [0.29, 0.717) is 5.92 Å². The number of nitrogens with zero attached hydrogens (tertiary/aromatic N) is 1. The largest absolute Gasteiger partial charge is 0.291 e. The molecular formula is C18H27NS. The average Bonchev–Trinajstić information content (AvgIpc) is 2.41. The molecule has 2 heteroatoms. The summed E-state index contributed by atoms with van der Waals surface area (Å²) in [5.41, 5.74) is 2.52. The van der Waals surface area contributed by atoms with Crippen LogP contribution >= 0.6 is 10.0 Å². The van der Waals surface area contributed by atoms with E-state index in [9.17, 15) is 0 Å². The highest BCUT2D eigenvalue weighted by atomic mass is 32.3. The fourth-order valence-electron chi connectivity index (χ4n) is 2.33. The molecular weight excluding hydrogens is 262 g/mol. The van der Waals surface area contributed by atoms with Gasteiger partial charge in [-0.15, -0.1) is 0 Å². The molecule has 0 atom stereocenters. The van der Waals surface area contributed by atoms with Gasteiger partial charge in [0.1, 0.15) is 0 Å². The van der Waals surface area contributed by atoms with Gasteiger partial charge >= 0.3 is 0 Å². The van der Waals surface area contributed by atoms with Gasteiger partial charge in [0, 0.05) is 18.7 Å². The highest BCUT2D eigenvalue weighted by molar-refractivity contribution is 8.32. The lowest BCUT2D eigenvalue weighted by Gasteiger charge is -2.40. The minimum atomic E-state index is -0.296. The van der Waals surface area contributed by atoms with Crippen molar-refractivity contribution in [1.29, 1.82) is 0 Å². The molecule has 0 spiro atoms. The highest BCUT2D eigenvalue weighted by Crippen LogP contribution is 2.41. The molecule has 1 saturated heterocycles. The maximum atomic E-state index is 3.33. The predicted molar refractivity (Wildman–Crippen MR) is 93.0 cm³/mol. The van der Waals surface area contributed by atoms with Gasteiger partial charge in [0.05, 0.1) is 6.54 Å². The van der Waals surface area contributed by atoms with Gasteiger partial charge in [0.2, 0.25) is 0 Å². The standard InChI is InChI=1S/C18H27NS/c1-16(2)18-9-7-17(8-10-18)6-5-11-19-12-14-20(3,4)15-13-19/h7-10,16H,11-15H2,1-4H3. The van der Waals surface area contributed by atoms with Crippen LogP contribution in [0.5, 0.6) is 0 Å². The summed E-state index contributed by atoms with van der Waals surface area (Å²) >= 11 is 0. The first-order chi connectivity index (χ1) is 9.46. The van der Waals surface area contributed by atoms with Gasteiger partial charge < -0.3 is 0 Å². The zero-order valence-electron chi connectivity index (χ0n) is 13.3. The molecule has 1 aromatic rings. The Hall–Kier alpha value is -0.910. The molecule has 0 aliphatic carbocycles. The Morgan fingerprint density at radius 1 is 1.10 bits per heavy atom. The molecule has 0 saturated carbocycles. The minimum Gasteiger partial charge on any atom is -0.291 e. The smallest absolute Gasteiger partial charge is 0.0605 e. The SMILES string of the molecule is CC(C)c1ccc(C#CCN2CCS(C)(C)CC2)cc1. The van der Waals surface area contributed by atoms with Gasteiger partial charge in [-0.1, -0.05) is 37.8 Å². The molecule has 0 bridgehead atoms. The molecule has 2 rings (SSSR count). The fraction of sp³-hybridized carbons (Fsp3) is 0.556. The van der Waals surface area contributed by atoms with Gasteiger partial charge in [0.25, 0.3) is 0 Å². The quantitative estimate of drug-likeness (QED) is 0.753. The third-order valence-corrected chi connectivity index (χ3v) is 6.61. The van der Waals surface area contributed by atoms with Gasteiger partial charge in [0.15, 0.2) is 0 Å². The molecule has 0 N–H and O–H groups in total. The second kappa shape index (κ2) is 6.70. The van der Waals surface area contributed by atoms with Crippen molar-refractivity contribution in [1.82, 2.24) is 4.90 Å². The van der Waals surface area contributed by atoms with Crippen LogP contribution in [-0.4, -0.2) is 48.6 Å². The Bertz CT molecular complexity index is 480. The van der Waals surface area contributed by atoms with Crippen molar-refractivity contribution in [2.45, 2.75) is 19.8 Å². The van der Waals surface area contributed by atoms with Crippen molar-refractivity contribution in [2.75, 3.05) is 43.7 Å². The van der Waals surface area contributed by atoms with E-state index in [-0.39, 0.29) is 10.0 Å². The van der Waals surface area contributed by atoms with Crippen molar-refractivity contribution >= 4 is 10.0 Å². The monoisotopic (exact) mass is 289 g/mol. The number of benzene rings is 1.